The third kappa shape index (κ3) is 5.19. The number of halogens is 3. The number of nitrogens with one attached hydrogen (secondary N) is 3. The van der Waals surface area contributed by atoms with Crippen LogP contribution < -0.4 is 16.2 Å². The van der Waals surface area contributed by atoms with Crippen LogP contribution in [0.3, 0.4) is 0 Å². The van der Waals surface area contributed by atoms with Gasteiger partial charge in [-0.3, -0.25) is 20.6 Å². The van der Waals surface area contributed by atoms with Crippen molar-refractivity contribution in [2.45, 2.75) is 12.6 Å². The van der Waals surface area contributed by atoms with Gasteiger partial charge in [-0.2, -0.15) is 13.2 Å². The Labute approximate surface area is 146 Å². The van der Waals surface area contributed by atoms with Gasteiger partial charge in [0.15, 0.2) is 5.84 Å². The molecular formula is C15H16F3N5O3. The van der Waals surface area contributed by atoms with Crippen LogP contribution in [0.25, 0.3) is 0 Å². The van der Waals surface area contributed by atoms with E-state index in [4.69, 9.17) is 0 Å². The SMILES string of the molecule is COC(=O)c1ccc(NNC2=NCN=C2CCNC(=O)C(F)(F)F)cc1. The highest BCUT2D eigenvalue weighted by molar-refractivity contribution is 6.42. The second kappa shape index (κ2) is 8.32. The standard InChI is InChI=1S/C15H16F3N5O3/c1-26-13(24)9-2-4-10(5-3-9)22-23-12-11(20-8-21-12)6-7-19-14(25)15(16,17)18/h2-5,22H,6-8H2,1H3,(H,19,25)(H,21,23). The smallest absolute Gasteiger partial charge is 0.465 e. The van der Waals surface area contributed by atoms with Gasteiger partial charge in [-0.1, -0.05) is 0 Å². The first kappa shape index (κ1) is 19.2. The molecule has 3 N–H and O–H groups in total. The first-order valence-electron chi connectivity index (χ1n) is 7.45. The number of nitrogens with zero attached hydrogens (tertiary/aromatic N) is 2. The van der Waals surface area contributed by atoms with Crippen molar-refractivity contribution in [3.8, 4) is 0 Å². The van der Waals surface area contributed by atoms with E-state index in [1.54, 1.807) is 29.6 Å². The number of hydrogen-bond donors (Lipinski definition) is 3. The number of aliphatic imine (C=N–C) groups is 2. The molecular weight excluding hydrogens is 355 g/mol. The lowest BCUT2D eigenvalue weighted by molar-refractivity contribution is -0.173. The molecule has 1 aliphatic rings. The van der Waals surface area contributed by atoms with Crippen LogP contribution in [0.2, 0.25) is 0 Å². The first-order chi connectivity index (χ1) is 12.3. The van der Waals surface area contributed by atoms with Gasteiger partial charge < -0.3 is 10.1 Å². The molecule has 0 spiro atoms. The summed E-state index contributed by atoms with van der Waals surface area (Å²) in [6.45, 7) is -0.0699. The number of ether oxygens (including phenoxy) is 1. The molecule has 2 rings (SSSR count). The zero-order valence-corrected chi connectivity index (χ0v) is 13.7. The van der Waals surface area contributed by atoms with Gasteiger partial charge >= 0.3 is 18.1 Å². The molecule has 0 saturated heterocycles. The Morgan fingerprint density at radius 3 is 2.46 bits per heavy atom. The second-order valence-electron chi connectivity index (χ2n) is 5.08. The van der Waals surface area contributed by atoms with Gasteiger partial charge in [0, 0.05) is 13.0 Å². The number of esters is 1. The van der Waals surface area contributed by atoms with Crippen LogP contribution in [0.15, 0.2) is 34.3 Å². The number of hydrogen-bond acceptors (Lipinski definition) is 7. The minimum Gasteiger partial charge on any atom is -0.465 e. The van der Waals surface area contributed by atoms with Crippen LogP contribution >= 0.6 is 0 Å². The van der Waals surface area contributed by atoms with E-state index in [0.29, 0.717) is 22.8 Å². The first-order valence-corrected chi connectivity index (χ1v) is 7.45. The highest BCUT2D eigenvalue weighted by Crippen LogP contribution is 2.14. The van der Waals surface area contributed by atoms with Crippen LogP contribution in [-0.2, 0) is 9.53 Å². The molecule has 0 radical (unpaired) electrons. The maximum absolute atomic E-state index is 12.1. The number of carbonyl (C=O) groups is 2. The predicted octanol–water partition coefficient (Wildman–Crippen LogP) is 1.27. The Morgan fingerprint density at radius 1 is 1.15 bits per heavy atom. The second-order valence-corrected chi connectivity index (χ2v) is 5.08. The van der Waals surface area contributed by atoms with Gasteiger partial charge in [0.2, 0.25) is 0 Å². The normalized spacial score (nSPS) is 13.5. The largest absolute Gasteiger partial charge is 0.471 e. The molecule has 1 amide bonds. The number of carbonyl (C=O) groups excluding carboxylic acids is 2. The summed E-state index contributed by atoms with van der Waals surface area (Å²) in [6, 6.07) is 6.40. The summed E-state index contributed by atoms with van der Waals surface area (Å²) in [5.74, 6) is -2.09. The molecule has 0 saturated carbocycles. The van der Waals surface area contributed by atoms with Crippen LogP contribution in [0.4, 0.5) is 18.9 Å². The van der Waals surface area contributed by atoms with Crippen molar-refractivity contribution in [2.75, 3.05) is 25.7 Å². The lowest BCUT2D eigenvalue weighted by Crippen LogP contribution is -2.40. The molecule has 0 fully saturated rings. The average molecular weight is 371 g/mol. The molecule has 1 aromatic carbocycles. The lowest BCUT2D eigenvalue weighted by atomic mass is 10.2. The summed E-state index contributed by atoms with van der Waals surface area (Å²) in [5, 5.41) is 1.77. The maximum atomic E-state index is 12.1. The Hall–Kier alpha value is -3.11. The third-order valence-corrected chi connectivity index (χ3v) is 3.30. The minimum absolute atomic E-state index is 0.0939. The quantitative estimate of drug-likeness (QED) is 0.516. The summed E-state index contributed by atoms with van der Waals surface area (Å²) in [6.07, 6.45) is -4.82. The van der Waals surface area contributed by atoms with Crippen molar-refractivity contribution in [3.63, 3.8) is 0 Å². The Kier molecular flexibility index (Phi) is 6.15. The topological polar surface area (TPSA) is 104 Å². The molecule has 0 aliphatic carbocycles. The van der Waals surface area contributed by atoms with Gasteiger partial charge in [-0.05, 0) is 24.3 Å². The molecule has 0 atom stereocenters. The average Bonchev–Trinajstić information content (AvgIpc) is 3.06. The van der Waals surface area contributed by atoms with E-state index >= 15 is 0 Å². The molecule has 0 unspecified atom stereocenters. The van der Waals surface area contributed by atoms with Crippen LogP contribution in [-0.4, -0.2) is 49.9 Å². The molecule has 1 aliphatic heterocycles. The van der Waals surface area contributed by atoms with Crippen LogP contribution in [0, 0.1) is 0 Å². The van der Waals surface area contributed by atoms with Crippen molar-refractivity contribution < 1.29 is 27.5 Å². The third-order valence-electron chi connectivity index (χ3n) is 3.30. The Balaban J connectivity index is 1.81. The number of benzene rings is 1. The number of amidine groups is 1. The fourth-order valence-corrected chi connectivity index (χ4v) is 2.00. The summed E-state index contributed by atoms with van der Waals surface area (Å²) in [4.78, 5) is 30.2. The zero-order chi connectivity index (χ0) is 19.2. The van der Waals surface area contributed by atoms with E-state index in [-0.39, 0.29) is 19.6 Å². The molecule has 26 heavy (non-hydrogen) atoms. The monoisotopic (exact) mass is 371 g/mol. The molecule has 140 valence electrons. The van der Waals surface area contributed by atoms with E-state index in [0.717, 1.165) is 0 Å². The van der Waals surface area contributed by atoms with Crippen molar-refractivity contribution in [3.05, 3.63) is 29.8 Å². The summed E-state index contributed by atoms with van der Waals surface area (Å²) in [5.41, 5.74) is 7.09. The van der Waals surface area contributed by atoms with Crippen molar-refractivity contribution in [2.24, 2.45) is 9.98 Å². The van der Waals surface area contributed by atoms with E-state index in [2.05, 4.69) is 25.6 Å². The fourth-order valence-electron chi connectivity index (χ4n) is 2.00. The lowest BCUT2D eigenvalue weighted by Gasteiger charge is -2.12. The molecule has 0 aromatic heterocycles. The molecule has 8 nitrogen and oxygen atoms in total. The number of hydrazine groups is 1. The summed E-state index contributed by atoms with van der Waals surface area (Å²) in [7, 11) is 1.28. The number of methoxy groups -OCH3 is 1. The van der Waals surface area contributed by atoms with Crippen molar-refractivity contribution in [1.82, 2.24) is 10.7 Å². The summed E-state index contributed by atoms with van der Waals surface area (Å²) < 4.78 is 41.0. The highest BCUT2D eigenvalue weighted by atomic mass is 19.4. The van der Waals surface area contributed by atoms with E-state index in [9.17, 15) is 22.8 Å². The molecule has 11 heteroatoms. The minimum atomic E-state index is -4.91. The fraction of sp³-hybridized carbons (Fsp3) is 0.333. The number of rotatable bonds is 6. The van der Waals surface area contributed by atoms with Gasteiger partial charge in [-0.25, -0.2) is 9.79 Å². The molecule has 0 bridgehead atoms. The molecule has 1 heterocycles. The number of alkyl halides is 3. The van der Waals surface area contributed by atoms with E-state index in [1.165, 1.54) is 7.11 Å². The van der Waals surface area contributed by atoms with Gasteiger partial charge in [0.25, 0.3) is 0 Å². The Bertz CT molecular complexity index is 729. The Morgan fingerprint density at radius 2 is 1.85 bits per heavy atom. The van der Waals surface area contributed by atoms with E-state index < -0.39 is 18.1 Å². The summed E-state index contributed by atoms with van der Waals surface area (Å²) >= 11 is 0. The van der Waals surface area contributed by atoms with Gasteiger partial charge in [0.05, 0.1) is 24.1 Å². The van der Waals surface area contributed by atoms with Crippen molar-refractivity contribution >= 4 is 29.1 Å². The molecule has 1 aromatic rings. The van der Waals surface area contributed by atoms with Crippen LogP contribution in [0.1, 0.15) is 16.8 Å². The zero-order valence-electron chi connectivity index (χ0n) is 13.7. The number of anilines is 1. The highest BCUT2D eigenvalue weighted by Gasteiger charge is 2.38. The number of amides is 1. The van der Waals surface area contributed by atoms with Crippen molar-refractivity contribution in [1.29, 1.82) is 0 Å². The van der Waals surface area contributed by atoms with Gasteiger partial charge in [-0.15, -0.1) is 0 Å². The van der Waals surface area contributed by atoms with Crippen LogP contribution in [0.5, 0.6) is 0 Å². The predicted molar refractivity (Wildman–Crippen MR) is 88.0 cm³/mol. The van der Waals surface area contributed by atoms with E-state index in [1.807, 2.05) is 0 Å². The maximum Gasteiger partial charge on any atom is 0.471 e. The van der Waals surface area contributed by atoms with Gasteiger partial charge in [0.1, 0.15) is 6.67 Å².